The van der Waals surface area contributed by atoms with E-state index in [1.165, 1.54) is 0 Å². The van der Waals surface area contributed by atoms with Crippen LogP contribution >= 0.6 is 24.0 Å². The summed E-state index contributed by atoms with van der Waals surface area (Å²) in [6.45, 7) is 3.10. The standard InChI is InChI=1S/C4H11NO2.HI/c1-3(6)5-4(2)7;/h3-7H,1-2H3;1H. The Balaban J connectivity index is 0. The molecule has 0 saturated heterocycles. The summed E-state index contributed by atoms with van der Waals surface area (Å²) < 4.78 is 0. The highest BCUT2D eigenvalue weighted by molar-refractivity contribution is 14.0. The Labute approximate surface area is 66.1 Å². The summed E-state index contributed by atoms with van der Waals surface area (Å²) in [7, 11) is 0. The van der Waals surface area contributed by atoms with Gasteiger partial charge >= 0.3 is 0 Å². The molecule has 2 atom stereocenters. The molecule has 0 heterocycles. The molecule has 0 fully saturated rings. The minimum atomic E-state index is -0.625. The zero-order valence-electron chi connectivity index (χ0n) is 4.96. The van der Waals surface area contributed by atoms with Gasteiger partial charge in [-0.3, -0.25) is 5.32 Å². The van der Waals surface area contributed by atoms with E-state index in [4.69, 9.17) is 10.2 Å². The summed E-state index contributed by atoms with van der Waals surface area (Å²) in [5, 5.41) is 19.3. The summed E-state index contributed by atoms with van der Waals surface area (Å²) in [4.78, 5) is 0. The van der Waals surface area contributed by atoms with Crippen LogP contribution in [0.25, 0.3) is 0 Å². The van der Waals surface area contributed by atoms with Crippen molar-refractivity contribution in [3.05, 3.63) is 0 Å². The van der Waals surface area contributed by atoms with Crippen LogP contribution in [-0.2, 0) is 0 Å². The Kier molecular flexibility index (Phi) is 8.19. The minimum Gasteiger partial charge on any atom is -0.379 e. The van der Waals surface area contributed by atoms with Gasteiger partial charge in [0.15, 0.2) is 0 Å². The molecule has 0 saturated carbocycles. The lowest BCUT2D eigenvalue weighted by atomic mass is 10.6. The molecule has 3 N–H and O–H groups in total. The minimum absolute atomic E-state index is 0. The number of aliphatic hydroxyl groups is 2. The van der Waals surface area contributed by atoms with Crippen molar-refractivity contribution < 1.29 is 10.2 Å². The molecule has 0 aliphatic carbocycles. The van der Waals surface area contributed by atoms with E-state index in [-0.39, 0.29) is 24.0 Å². The molecule has 0 aliphatic rings. The van der Waals surface area contributed by atoms with Crippen molar-refractivity contribution in [2.24, 2.45) is 0 Å². The van der Waals surface area contributed by atoms with Crippen LogP contribution in [0.1, 0.15) is 13.8 Å². The van der Waals surface area contributed by atoms with E-state index in [1.54, 1.807) is 13.8 Å². The van der Waals surface area contributed by atoms with Gasteiger partial charge in [-0.2, -0.15) is 0 Å². The first-order valence-electron chi connectivity index (χ1n) is 2.25. The molecule has 0 spiro atoms. The molecule has 0 rings (SSSR count). The molecular formula is C4H12INO2. The van der Waals surface area contributed by atoms with Crippen molar-refractivity contribution in [3.63, 3.8) is 0 Å². The molecule has 4 heteroatoms. The second-order valence-electron chi connectivity index (χ2n) is 1.52. The molecule has 0 aromatic heterocycles. The van der Waals surface area contributed by atoms with E-state index in [9.17, 15) is 0 Å². The van der Waals surface area contributed by atoms with Gasteiger partial charge in [-0.15, -0.1) is 24.0 Å². The Bertz CT molecular complexity index is 43.3. The zero-order valence-corrected chi connectivity index (χ0v) is 7.29. The van der Waals surface area contributed by atoms with Gasteiger partial charge in [0.25, 0.3) is 0 Å². The molecular weight excluding hydrogens is 221 g/mol. The maximum atomic E-state index is 8.45. The number of nitrogens with one attached hydrogen (secondary N) is 1. The predicted octanol–water partition coefficient (Wildman–Crippen LogP) is -0.129. The predicted molar refractivity (Wildman–Crippen MR) is 41.9 cm³/mol. The number of halogens is 1. The van der Waals surface area contributed by atoms with Gasteiger partial charge in [0.1, 0.15) is 12.5 Å². The van der Waals surface area contributed by atoms with Crippen LogP contribution < -0.4 is 5.32 Å². The summed E-state index contributed by atoms with van der Waals surface area (Å²) in [6, 6.07) is 0. The number of aliphatic hydroxyl groups excluding tert-OH is 2. The maximum Gasteiger partial charge on any atom is 0.103 e. The lowest BCUT2D eigenvalue weighted by molar-refractivity contribution is 0.0632. The van der Waals surface area contributed by atoms with Gasteiger partial charge in [0, 0.05) is 0 Å². The highest BCUT2D eigenvalue weighted by atomic mass is 127. The lowest BCUT2D eigenvalue weighted by Crippen LogP contribution is -2.33. The smallest absolute Gasteiger partial charge is 0.103 e. The van der Waals surface area contributed by atoms with Crippen LogP contribution in [-0.4, -0.2) is 22.7 Å². The van der Waals surface area contributed by atoms with Crippen LogP contribution in [0.15, 0.2) is 0 Å². The maximum absolute atomic E-state index is 8.45. The average molecular weight is 233 g/mol. The van der Waals surface area contributed by atoms with Crippen LogP contribution in [0.3, 0.4) is 0 Å². The Morgan fingerprint density at radius 2 is 1.38 bits per heavy atom. The van der Waals surface area contributed by atoms with E-state index in [0.717, 1.165) is 0 Å². The van der Waals surface area contributed by atoms with Gasteiger partial charge in [-0.1, -0.05) is 0 Å². The van der Waals surface area contributed by atoms with Gasteiger partial charge in [0.2, 0.25) is 0 Å². The molecule has 0 aromatic carbocycles. The molecule has 0 amide bonds. The second-order valence-corrected chi connectivity index (χ2v) is 1.52. The van der Waals surface area contributed by atoms with Crippen LogP contribution in [0.2, 0.25) is 0 Å². The molecule has 8 heavy (non-hydrogen) atoms. The zero-order chi connectivity index (χ0) is 5.86. The van der Waals surface area contributed by atoms with Gasteiger partial charge < -0.3 is 10.2 Å². The molecule has 0 aromatic rings. The first-order chi connectivity index (χ1) is 3.13. The third-order valence-electron chi connectivity index (χ3n) is 0.482. The fourth-order valence-electron chi connectivity index (χ4n) is 0.349. The first-order valence-corrected chi connectivity index (χ1v) is 2.25. The quantitative estimate of drug-likeness (QED) is 0.460. The van der Waals surface area contributed by atoms with Crippen LogP contribution in [0, 0.1) is 0 Å². The number of hydrogen-bond donors (Lipinski definition) is 3. The molecule has 2 unspecified atom stereocenters. The Morgan fingerprint density at radius 3 is 1.38 bits per heavy atom. The summed E-state index contributed by atoms with van der Waals surface area (Å²) in [5.74, 6) is 0. The fraction of sp³-hybridized carbons (Fsp3) is 1.00. The fourth-order valence-corrected chi connectivity index (χ4v) is 0.349. The summed E-state index contributed by atoms with van der Waals surface area (Å²) in [6.07, 6.45) is -1.25. The van der Waals surface area contributed by atoms with E-state index < -0.39 is 12.5 Å². The van der Waals surface area contributed by atoms with E-state index in [0.29, 0.717) is 0 Å². The largest absolute Gasteiger partial charge is 0.379 e. The molecule has 0 aliphatic heterocycles. The van der Waals surface area contributed by atoms with Crippen molar-refractivity contribution in [2.45, 2.75) is 26.3 Å². The SMILES string of the molecule is CC(O)NC(C)O.I. The first kappa shape index (κ1) is 11.4. The Hall–Kier alpha value is 0.610. The summed E-state index contributed by atoms with van der Waals surface area (Å²) >= 11 is 0. The van der Waals surface area contributed by atoms with Crippen molar-refractivity contribution in [1.29, 1.82) is 0 Å². The normalized spacial score (nSPS) is 16.5. The van der Waals surface area contributed by atoms with Crippen molar-refractivity contribution in [3.8, 4) is 0 Å². The lowest BCUT2D eigenvalue weighted by Gasteiger charge is -2.08. The molecule has 0 bridgehead atoms. The van der Waals surface area contributed by atoms with Gasteiger partial charge in [-0.05, 0) is 13.8 Å². The topological polar surface area (TPSA) is 52.5 Å². The van der Waals surface area contributed by atoms with Crippen molar-refractivity contribution in [1.82, 2.24) is 5.32 Å². The monoisotopic (exact) mass is 233 g/mol. The number of rotatable bonds is 2. The summed E-state index contributed by atoms with van der Waals surface area (Å²) in [5.41, 5.74) is 0. The van der Waals surface area contributed by atoms with E-state index >= 15 is 0 Å². The van der Waals surface area contributed by atoms with E-state index in [1.807, 2.05) is 0 Å². The van der Waals surface area contributed by atoms with Crippen molar-refractivity contribution in [2.75, 3.05) is 0 Å². The van der Waals surface area contributed by atoms with Gasteiger partial charge in [-0.25, -0.2) is 0 Å². The van der Waals surface area contributed by atoms with Crippen molar-refractivity contribution >= 4 is 24.0 Å². The third-order valence-corrected chi connectivity index (χ3v) is 0.482. The van der Waals surface area contributed by atoms with E-state index in [2.05, 4.69) is 5.32 Å². The van der Waals surface area contributed by atoms with Crippen LogP contribution in [0.5, 0.6) is 0 Å². The average Bonchev–Trinajstić information content (AvgIpc) is 1.27. The third kappa shape index (κ3) is 9.79. The molecule has 52 valence electrons. The Morgan fingerprint density at radius 1 is 1.12 bits per heavy atom. The molecule has 3 nitrogen and oxygen atoms in total. The molecule has 0 radical (unpaired) electrons. The van der Waals surface area contributed by atoms with Crippen LogP contribution in [0.4, 0.5) is 0 Å². The highest BCUT2D eigenvalue weighted by Gasteiger charge is 1.95. The highest BCUT2D eigenvalue weighted by Crippen LogP contribution is 1.74. The second kappa shape index (κ2) is 5.74. The van der Waals surface area contributed by atoms with Gasteiger partial charge in [0.05, 0.1) is 0 Å². The number of hydrogen-bond acceptors (Lipinski definition) is 3.